The topological polar surface area (TPSA) is 58.2 Å². The van der Waals surface area contributed by atoms with Crippen LogP contribution in [0.3, 0.4) is 0 Å². The van der Waals surface area contributed by atoms with Gasteiger partial charge in [0.25, 0.3) is 5.91 Å². The van der Waals surface area contributed by atoms with E-state index in [2.05, 4.69) is 24.5 Å². The molecule has 2 rings (SSSR count). The molecule has 0 bridgehead atoms. The Hall–Kier alpha value is -2.62. The lowest BCUT2D eigenvalue weighted by Crippen LogP contribution is -2.38. The number of carbonyl (C=O) groups excluding carboxylic acids is 2. The van der Waals surface area contributed by atoms with Crippen LogP contribution in [0.5, 0.6) is 0 Å². The highest BCUT2D eigenvalue weighted by Crippen LogP contribution is 2.26. The van der Waals surface area contributed by atoms with Crippen LogP contribution in [0, 0.1) is 5.92 Å². The molecular weight excluding hydrogens is 312 g/mol. The van der Waals surface area contributed by atoms with Crippen molar-refractivity contribution in [3.63, 3.8) is 0 Å². The molecule has 0 saturated heterocycles. The molecule has 0 spiro atoms. The van der Waals surface area contributed by atoms with Crippen molar-refractivity contribution in [3.05, 3.63) is 71.8 Å². The fraction of sp³-hybridized carbons (Fsp3) is 0.333. The zero-order valence-corrected chi connectivity index (χ0v) is 14.9. The maximum atomic E-state index is 12.6. The fourth-order valence-corrected chi connectivity index (χ4v) is 2.80. The normalized spacial score (nSPS) is 12.9. The van der Waals surface area contributed by atoms with Crippen LogP contribution in [-0.2, 0) is 4.79 Å². The smallest absolute Gasteiger partial charge is 0.251 e. The van der Waals surface area contributed by atoms with Crippen molar-refractivity contribution in [1.29, 1.82) is 0 Å². The molecule has 2 aromatic rings. The summed E-state index contributed by atoms with van der Waals surface area (Å²) in [5, 5.41) is 5.77. The molecule has 2 N–H and O–H groups in total. The van der Waals surface area contributed by atoms with Gasteiger partial charge in [-0.25, -0.2) is 0 Å². The van der Waals surface area contributed by atoms with Crippen LogP contribution in [0.15, 0.2) is 60.7 Å². The van der Waals surface area contributed by atoms with Gasteiger partial charge in [0.05, 0.1) is 5.92 Å². The van der Waals surface area contributed by atoms with E-state index in [0.29, 0.717) is 18.7 Å². The Labute approximate surface area is 149 Å². The van der Waals surface area contributed by atoms with E-state index in [9.17, 15) is 9.59 Å². The van der Waals surface area contributed by atoms with Gasteiger partial charge >= 0.3 is 0 Å². The van der Waals surface area contributed by atoms with Gasteiger partial charge in [0, 0.05) is 18.7 Å². The average molecular weight is 338 g/mol. The maximum Gasteiger partial charge on any atom is 0.251 e. The Morgan fingerprint density at radius 3 is 2.04 bits per heavy atom. The first-order chi connectivity index (χ1) is 12.1. The predicted molar refractivity (Wildman–Crippen MR) is 100 cm³/mol. The summed E-state index contributed by atoms with van der Waals surface area (Å²) in [4.78, 5) is 24.6. The molecule has 4 nitrogen and oxygen atoms in total. The molecule has 2 aromatic carbocycles. The highest BCUT2D eigenvalue weighted by molar-refractivity contribution is 5.94. The second-order valence-electron chi connectivity index (χ2n) is 6.19. The van der Waals surface area contributed by atoms with E-state index in [1.165, 1.54) is 0 Å². The summed E-state index contributed by atoms with van der Waals surface area (Å²) < 4.78 is 0. The highest BCUT2D eigenvalue weighted by atomic mass is 16.2. The molecule has 25 heavy (non-hydrogen) atoms. The number of carbonyl (C=O) groups is 2. The summed E-state index contributed by atoms with van der Waals surface area (Å²) in [5.74, 6) is -0.0387. The number of nitrogens with one attached hydrogen (secondary N) is 2. The third kappa shape index (κ3) is 5.45. The van der Waals surface area contributed by atoms with Crippen molar-refractivity contribution in [3.8, 4) is 0 Å². The van der Waals surface area contributed by atoms with E-state index in [1.807, 2.05) is 48.5 Å². The van der Waals surface area contributed by atoms with E-state index in [0.717, 1.165) is 12.0 Å². The zero-order chi connectivity index (χ0) is 18.1. The molecule has 0 aliphatic rings. The fourth-order valence-electron chi connectivity index (χ4n) is 2.80. The van der Waals surface area contributed by atoms with E-state index in [-0.39, 0.29) is 23.7 Å². The molecule has 0 aromatic heterocycles. The van der Waals surface area contributed by atoms with Gasteiger partial charge in [0.1, 0.15) is 0 Å². The number of benzene rings is 2. The third-order valence-corrected chi connectivity index (χ3v) is 4.40. The zero-order valence-electron chi connectivity index (χ0n) is 14.9. The van der Waals surface area contributed by atoms with Crippen LogP contribution in [-0.4, -0.2) is 24.9 Å². The van der Waals surface area contributed by atoms with Gasteiger partial charge in [-0.3, -0.25) is 9.59 Å². The first kappa shape index (κ1) is 18.7. The van der Waals surface area contributed by atoms with E-state index < -0.39 is 0 Å². The Balaban J connectivity index is 1.86. The Bertz CT molecular complexity index is 671. The minimum absolute atomic E-state index is 0.00881. The monoisotopic (exact) mass is 338 g/mol. The number of hydrogen-bond donors (Lipinski definition) is 2. The van der Waals surface area contributed by atoms with Gasteiger partial charge in [-0.2, -0.15) is 0 Å². The molecular formula is C21H26N2O2. The Morgan fingerprint density at radius 1 is 0.880 bits per heavy atom. The van der Waals surface area contributed by atoms with E-state index in [1.54, 1.807) is 12.1 Å². The third-order valence-electron chi connectivity index (χ3n) is 4.40. The van der Waals surface area contributed by atoms with Crippen molar-refractivity contribution in [1.82, 2.24) is 10.6 Å². The van der Waals surface area contributed by atoms with Gasteiger partial charge < -0.3 is 10.6 Å². The molecule has 0 aliphatic carbocycles. The molecule has 0 heterocycles. The number of hydrogen-bond acceptors (Lipinski definition) is 2. The van der Waals surface area contributed by atoms with Crippen molar-refractivity contribution in [2.75, 3.05) is 13.1 Å². The molecule has 0 saturated carbocycles. The molecule has 0 radical (unpaired) electrons. The summed E-state index contributed by atoms with van der Waals surface area (Å²) in [6, 6.07) is 18.9. The SMILES string of the molecule is CCC(C)C(C(=O)NCCNC(=O)c1ccccc1)c1ccccc1. The van der Waals surface area contributed by atoms with Crippen molar-refractivity contribution < 1.29 is 9.59 Å². The summed E-state index contributed by atoms with van der Waals surface area (Å²) >= 11 is 0. The van der Waals surface area contributed by atoms with Crippen LogP contribution in [0.2, 0.25) is 0 Å². The van der Waals surface area contributed by atoms with Crippen molar-refractivity contribution in [2.24, 2.45) is 5.92 Å². The highest BCUT2D eigenvalue weighted by Gasteiger charge is 2.25. The van der Waals surface area contributed by atoms with Gasteiger partial charge in [0.15, 0.2) is 0 Å². The molecule has 132 valence electrons. The summed E-state index contributed by atoms with van der Waals surface area (Å²) in [7, 11) is 0. The molecule has 4 heteroatoms. The Morgan fingerprint density at radius 2 is 1.44 bits per heavy atom. The van der Waals surface area contributed by atoms with Crippen LogP contribution < -0.4 is 10.6 Å². The molecule has 2 unspecified atom stereocenters. The van der Waals surface area contributed by atoms with Crippen molar-refractivity contribution >= 4 is 11.8 Å². The van der Waals surface area contributed by atoms with Crippen LogP contribution >= 0.6 is 0 Å². The van der Waals surface area contributed by atoms with Gasteiger partial charge in [-0.05, 0) is 23.6 Å². The number of amides is 2. The van der Waals surface area contributed by atoms with Crippen LogP contribution in [0.4, 0.5) is 0 Å². The predicted octanol–water partition coefficient (Wildman–Crippen LogP) is 3.36. The first-order valence-electron chi connectivity index (χ1n) is 8.79. The molecule has 2 amide bonds. The van der Waals surface area contributed by atoms with Crippen LogP contribution in [0.1, 0.15) is 42.1 Å². The Kier molecular flexibility index (Phi) is 7.20. The quantitative estimate of drug-likeness (QED) is 0.725. The minimum Gasteiger partial charge on any atom is -0.354 e. The van der Waals surface area contributed by atoms with Crippen LogP contribution in [0.25, 0.3) is 0 Å². The van der Waals surface area contributed by atoms with Crippen molar-refractivity contribution in [2.45, 2.75) is 26.2 Å². The number of rotatable bonds is 8. The molecule has 0 fully saturated rings. The van der Waals surface area contributed by atoms with Gasteiger partial charge in [-0.15, -0.1) is 0 Å². The second-order valence-corrected chi connectivity index (χ2v) is 6.19. The second kappa shape index (κ2) is 9.62. The summed E-state index contributed by atoms with van der Waals surface area (Å²) in [5.41, 5.74) is 1.65. The van der Waals surface area contributed by atoms with Gasteiger partial charge in [0.2, 0.25) is 5.91 Å². The lowest BCUT2D eigenvalue weighted by molar-refractivity contribution is -0.123. The minimum atomic E-state index is -0.170. The lowest BCUT2D eigenvalue weighted by atomic mass is 9.85. The van der Waals surface area contributed by atoms with Gasteiger partial charge in [-0.1, -0.05) is 68.8 Å². The molecule has 2 atom stereocenters. The summed E-state index contributed by atoms with van der Waals surface area (Å²) in [6.45, 7) is 5.00. The van der Waals surface area contributed by atoms with E-state index in [4.69, 9.17) is 0 Å². The average Bonchev–Trinajstić information content (AvgIpc) is 2.66. The van der Waals surface area contributed by atoms with E-state index >= 15 is 0 Å². The lowest BCUT2D eigenvalue weighted by Gasteiger charge is -2.22. The molecule has 0 aliphatic heterocycles. The maximum absolute atomic E-state index is 12.6. The largest absolute Gasteiger partial charge is 0.354 e. The standard InChI is InChI=1S/C21H26N2O2/c1-3-16(2)19(17-10-6-4-7-11-17)21(25)23-15-14-22-20(24)18-12-8-5-9-13-18/h4-13,16,19H,3,14-15H2,1-2H3,(H,22,24)(H,23,25). The first-order valence-corrected chi connectivity index (χ1v) is 8.79. The summed E-state index contributed by atoms with van der Waals surface area (Å²) in [6.07, 6.45) is 0.928.